The molecule has 0 saturated heterocycles. The van der Waals surface area contributed by atoms with Crippen LogP contribution < -0.4 is 4.74 Å². The van der Waals surface area contributed by atoms with E-state index in [9.17, 15) is 9.90 Å². The summed E-state index contributed by atoms with van der Waals surface area (Å²) in [5.74, 6) is 5.02. The smallest absolute Gasteiger partial charge is 0.308 e. The fraction of sp³-hybridized carbons (Fsp3) is 0.261. The lowest BCUT2D eigenvalue weighted by molar-refractivity contribution is -0.142. The summed E-state index contributed by atoms with van der Waals surface area (Å²) >= 11 is 5.29. The second-order valence-electron chi connectivity index (χ2n) is 6.50. The quantitative estimate of drug-likeness (QED) is 0.414. The molecule has 3 rings (SSSR count). The van der Waals surface area contributed by atoms with Crippen molar-refractivity contribution < 1.29 is 14.6 Å². The van der Waals surface area contributed by atoms with Crippen LogP contribution in [0.15, 0.2) is 52.3 Å². The Morgan fingerprint density at radius 3 is 2.64 bits per heavy atom. The summed E-state index contributed by atoms with van der Waals surface area (Å²) in [6, 6.07) is 13.9. The first-order valence-corrected chi connectivity index (χ1v) is 10.7. The number of ether oxygens (including phenoxy) is 1. The molecular formula is C23H21BrO3S. The Morgan fingerprint density at radius 1 is 1.25 bits per heavy atom. The minimum absolute atomic E-state index is 0.320. The zero-order valence-corrected chi connectivity index (χ0v) is 18.1. The Balaban J connectivity index is 1.72. The molecule has 0 radical (unpaired) electrons. The minimum Gasteiger partial charge on any atom is -0.489 e. The Morgan fingerprint density at radius 2 is 2.00 bits per heavy atom. The summed E-state index contributed by atoms with van der Waals surface area (Å²) in [6.07, 6.45) is 0.535. The van der Waals surface area contributed by atoms with Crippen LogP contribution in [0, 0.1) is 17.8 Å². The highest BCUT2D eigenvalue weighted by atomic mass is 79.9. The van der Waals surface area contributed by atoms with Crippen molar-refractivity contribution in [2.24, 2.45) is 5.92 Å². The van der Waals surface area contributed by atoms with E-state index in [-0.39, 0.29) is 5.92 Å². The van der Waals surface area contributed by atoms with Gasteiger partial charge in [0.25, 0.3) is 0 Å². The number of carboxylic acid groups (broad SMARTS) is 1. The van der Waals surface area contributed by atoms with Crippen LogP contribution >= 0.6 is 27.3 Å². The Hall–Kier alpha value is -2.29. The topological polar surface area (TPSA) is 46.5 Å². The van der Waals surface area contributed by atoms with Crippen LogP contribution in [0.3, 0.4) is 0 Å². The SMILES string of the molecule is CC#C[C@H](c1ccc(OCc2ccc3scc(Br)c3c2)cc1)C(CC)C(=O)O. The van der Waals surface area contributed by atoms with E-state index in [1.807, 2.05) is 31.2 Å². The van der Waals surface area contributed by atoms with Gasteiger partial charge in [0.15, 0.2) is 0 Å². The number of carbonyl (C=O) groups is 1. The monoisotopic (exact) mass is 456 g/mol. The van der Waals surface area contributed by atoms with Crippen LogP contribution in [0.4, 0.5) is 0 Å². The molecule has 28 heavy (non-hydrogen) atoms. The van der Waals surface area contributed by atoms with Crippen molar-refractivity contribution in [2.75, 3.05) is 0 Å². The van der Waals surface area contributed by atoms with Gasteiger partial charge in [0.1, 0.15) is 12.4 Å². The highest BCUT2D eigenvalue weighted by molar-refractivity contribution is 9.10. The van der Waals surface area contributed by atoms with E-state index < -0.39 is 11.9 Å². The molecule has 0 aliphatic carbocycles. The maximum absolute atomic E-state index is 11.5. The third-order valence-electron chi connectivity index (χ3n) is 4.69. The van der Waals surface area contributed by atoms with Crippen LogP contribution in [0.25, 0.3) is 10.1 Å². The lowest BCUT2D eigenvalue weighted by Gasteiger charge is -2.18. The van der Waals surface area contributed by atoms with Gasteiger partial charge in [-0.05, 0) is 64.7 Å². The van der Waals surface area contributed by atoms with Crippen molar-refractivity contribution in [3.8, 4) is 17.6 Å². The van der Waals surface area contributed by atoms with Crippen molar-refractivity contribution in [3.05, 3.63) is 63.4 Å². The summed E-state index contributed by atoms with van der Waals surface area (Å²) in [5, 5.41) is 12.8. The predicted molar refractivity (Wildman–Crippen MR) is 118 cm³/mol. The molecule has 1 aromatic heterocycles. The van der Waals surface area contributed by atoms with Crippen LogP contribution in [0.5, 0.6) is 5.75 Å². The molecule has 5 heteroatoms. The van der Waals surface area contributed by atoms with Gasteiger partial charge in [-0.25, -0.2) is 0 Å². The fourth-order valence-electron chi connectivity index (χ4n) is 3.20. The Bertz CT molecular complexity index is 1030. The average molecular weight is 457 g/mol. The van der Waals surface area contributed by atoms with Crippen molar-refractivity contribution in [2.45, 2.75) is 32.8 Å². The number of aliphatic carboxylic acids is 1. The Labute approximate surface area is 177 Å². The first kappa shape index (κ1) is 20.4. The largest absolute Gasteiger partial charge is 0.489 e. The second-order valence-corrected chi connectivity index (χ2v) is 8.26. The van der Waals surface area contributed by atoms with Gasteiger partial charge in [0, 0.05) is 19.9 Å². The summed E-state index contributed by atoms with van der Waals surface area (Å²) in [4.78, 5) is 11.5. The first-order chi connectivity index (χ1) is 13.5. The van der Waals surface area contributed by atoms with Crippen molar-refractivity contribution >= 4 is 43.3 Å². The molecule has 1 unspecified atom stereocenters. The van der Waals surface area contributed by atoms with E-state index >= 15 is 0 Å². The van der Waals surface area contributed by atoms with E-state index in [1.165, 1.54) is 10.1 Å². The Kier molecular flexibility index (Phi) is 6.77. The van der Waals surface area contributed by atoms with E-state index in [1.54, 1.807) is 18.3 Å². The molecule has 0 amide bonds. The zero-order valence-electron chi connectivity index (χ0n) is 15.7. The standard InChI is InChI=1S/C23H21BrO3S/c1-3-5-19(18(4-2)23(25)26)16-7-9-17(10-8-16)27-13-15-6-11-22-20(12-15)21(24)14-28-22/h6-12,14,18-19H,4,13H2,1-2H3,(H,25,26)/t18?,19-/m1/s1. The molecule has 0 aliphatic heterocycles. The molecule has 2 aromatic carbocycles. The lowest BCUT2D eigenvalue weighted by atomic mass is 9.84. The highest BCUT2D eigenvalue weighted by Gasteiger charge is 2.26. The van der Waals surface area contributed by atoms with E-state index in [2.05, 4.69) is 51.3 Å². The summed E-state index contributed by atoms with van der Waals surface area (Å²) in [7, 11) is 0. The highest BCUT2D eigenvalue weighted by Crippen LogP contribution is 2.32. The number of benzene rings is 2. The molecule has 0 bridgehead atoms. The molecule has 0 fully saturated rings. The normalized spacial score (nSPS) is 12.8. The molecule has 0 aliphatic rings. The van der Waals surface area contributed by atoms with E-state index in [4.69, 9.17) is 4.74 Å². The molecule has 1 N–H and O–H groups in total. The number of thiophene rings is 1. The third kappa shape index (κ3) is 4.57. The summed E-state index contributed by atoms with van der Waals surface area (Å²) < 4.78 is 8.27. The predicted octanol–water partition coefficient (Wildman–Crippen LogP) is 6.46. The summed E-state index contributed by atoms with van der Waals surface area (Å²) in [5.41, 5.74) is 2.00. The summed E-state index contributed by atoms with van der Waals surface area (Å²) in [6.45, 7) is 4.09. The molecular weight excluding hydrogens is 436 g/mol. The van der Waals surface area contributed by atoms with Crippen LogP contribution in [-0.2, 0) is 11.4 Å². The molecule has 0 spiro atoms. The average Bonchev–Trinajstić information content (AvgIpc) is 3.07. The van der Waals surface area contributed by atoms with Crippen LogP contribution in [-0.4, -0.2) is 11.1 Å². The van der Waals surface area contributed by atoms with Crippen LogP contribution in [0.1, 0.15) is 37.3 Å². The number of fused-ring (bicyclic) bond motifs is 1. The van der Waals surface area contributed by atoms with E-state index in [0.29, 0.717) is 13.0 Å². The number of hydrogen-bond donors (Lipinski definition) is 1. The fourth-order valence-corrected chi connectivity index (χ4v) is 4.74. The van der Waals surface area contributed by atoms with Gasteiger partial charge in [-0.1, -0.05) is 31.0 Å². The molecule has 3 aromatic rings. The molecule has 144 valence electrons. The van der Waals surface area contributed by atoms with Crippen molar-refractivity contribution in [1.29, 1.82) is 0 Å². The number of carboxylic acids is 1. The first-order valence-electron chi connectivity index (χ1n) is 9.07. The van der Waals surface area contributed by atoms with Gasteiger partial charge >= 0.3 is 5.97 Å². The van der Waals surface area contributed by atoms with Gasteiger partial charge in [-0.3, -0.25) is 4.79 Å². The van der Waals surface area contributed by atoms with Gasteiger partial charge in [-0.2, -0.15) is 0 Å². The lowest BCUT2D eigenvalue weighted by Crippen LogP contribution is -2.20. The van der Waals surface area contributed by atoms with Crippen molar-refractivity contribution in [3.63, 3.8) is 0 Å². The number of hydrogen-bond acceptors (Lipinski definition) is 3. The third-order valence-corrected chi connectivity index (χ3v) is 6.62. The second kappa shape index (κ2) is 9.27. The maximum atomic E-state index is 11.5. The van der Waals surface area contributed by atoms with Gasteiger partial charge in [0.2, 0.25) is 0 Å². The molecule has 3 nitrogen and oxygen atoms in total. The van der Waals surface area contributed by atoms with Crippen LogP contribution in [0.2, 0.25) is 0 Å². The van der Waals surface area contributed by atoms with Gasteiger partial charge < -0.3 is 9.84 Å². The molecule has 2 atom stereocenters. The van der Waals surface area contributed by atoms with Gasteiger partial charge in [0.05, 0.1) is 11.8 Å². The number of rotatable bonds is 7. The molecule has 1 heterocycles. The van der Waals surface area contributed by atoms with Crippen molar-refractivity contribution in [1.82, 2.24) is 0 Å². The van der Waals surface area contributed by atoms with E-state index in [0.717, 1.165) is 21.3 Å². The zero-order chi connectivity index (χ0) is 20.1. The minimum atomic E-state index is -0.814. The molecule has 0 saturated carbocycles. The maximum Gasteiger partial charge on any atom is 0.308 e. The number of halogens is 1. The van der Waals surface area contributed by atoms with Gasteiger partial charge in [-0.15, -0.1) is 17.3 Å².